The lowest BCUT2D eigenvalue weighted by Gasteiger charge is -2.15. The summed E-state index contributed by atoms with van der Waals surface area (Å²) in [4.78, 5) is 2.30. The smallest absolute Gasteiger partial charge is 0.265 e. The van der Waals surface area contributed by atoms with Gasteiger partial charge in [-0.3, -0.25) is 0 Å². The lowest BCUT2D eigenvalue weighted by Crippen LogP contribution is -2.22. The molecule has 0 aromatic heterocycles. The van der Waals surface area contributed by atoms with Gasteiger partial charge < -0.3 is 9.64 Å². The van der Waals surface area contributed by atoms with Gasteiger partial charge >= 0.3 is 0 Å². The normalized spacial score (nSPS) is 16.5. The van der Waals surface area contributed by atoms with E-state index in [0.29, 0.717) is 11.6 Å². The summed E-state index contributed by atoms with van der Waals surface area (Å²) in [5.74, 6) is 0.255. The van der Waals surface area contributed by atoms with Crippen LogP contribution in [0.5, 0.6) is 5.75 Å². The summed E-state index contributed by atoms with van der Waals surface area (Å²) in [6.07, 6.45) is 3.36. The van der Waals surface area contributed by atoms with Crippen molar-refractivity contribution < 1.29 is 13.2 Å². The zero-order valence-corrected chi connectivity index (χ0v) is 13.3. The molecule has 0 saturated carbocycles. The highest BCUT2D eigenvalue weighted by molar-refractivity contribution is 8.13. The maximum absolute atomic E-state index is 11.5. The van der Waals surface area contributed by atoms with E-state index in [-0.39, 0.29) is 10.6 Å². The summed E-state index contributed by atoms with van der Waals surface area (Å²) in [5, 5.41) is 0.314. The van der Waals surface area contributed by atoms with Crippen LogP contribution < -0.4 is 4.74 Å². The third-order valence-electron chi connectivity index (χ3n) is 3.24. The molecule has 1 aliphatic heterocycles. The predicted octanol–water partition coefficient (Wildman–Crippen LogP) is 3.13. The lowest BCUT2D eigenvalue weighted by molar-refractivity contribution is 0.259. The minimum atomic E-state index is -3.86. The van der Waals surface area contributed by atoms with Crippen LogP contribution in [0, 0.1) is 0 Å². The largest absolute Gasteiger partial charge is 0.492 e. The molecule has 20 heavy (non-hydrogen) atoms. The van der Waals surface area contributed by atoms with Gasteiger partial charge in [-0.2, -0.15) is 0 Å². The van der Waals surface area contributed by atoms with Crippen molar-refractivity contribution in [2.75, 3.05) is 26.2 Å². The molecular weight excluding hydrogens is 321 g/mol. The Labute approximate surface area is 129 Å². The van der Waals surface area contributed by atoms with E-state index in [4.69, 9.17) is 27.0 Å². The van der Waals surface area contributed by atoms with Crippen LogP contribution in [0.2, 0.25) is 5.02 Å². The Hall–Kier alpha value is -0.490. The van der Waals surface area contributed by atoms with Gasteiger partial charge in [0, 0.05) is 22.2 Å². The Kier molecular flexibility index (Phi) is 5.55. The molecule has 0 atom stereocenters. The number of hydrogen-bond acceptors (Lipinski definition) is 4. The first-order chi connectivity index (χ1) is 9.47. The molecule has 1 saturated heterocycles. The molecule has 0 bridgehead atoms. The molecule has 0 N–H and O–H groups in total. The van der Waals surface area contributed by atoms with Crippen LogP contribution in [0.25, 0.3) is 0 Å². The number of rotatable bonds is 6. The van der Waals surface area contributed by atoms with Gasteiger partial charge in [-0.1, -0.05) is 11.6 Å². The number of hydrogen-bond donors (Lipinski definition) is 0. The second-order valence-corrected chi connectivity index (χ2v) is 7.75. The monoisotopic (exact) mass is 337 g/mol. The molecule has 1 heterocycles. The quantitative estimate of drug-likeness (QED) is 0.591. The van der Waals surface area contributed by atoms with Gasteiger partial charge in [0.2, 0.25) is 0 Å². The number of benzene rings is 1. The minimum Gasteiger partial charge on any atom is -0.492 e. The van der Waals surface area contributed by atoms with Gasteiger partial charge in [-0.15, -0.1) is 0 Å². The molecule has 0 spiro atoms. The van der Waals surface area contributed by atoms with E-state index in [1.807, 2.05) is 0 Å². The van der Waals surface area contributed by atoms with E-state index in [1.54, 1.807) is 6.07 Å². The first-order valence-corrected chi connectivity index (χ1v) is 9.25. The van der Waals surface area contributed by atoms with E-state index < -0.39 is 9.05 Å². The SMILES string of the molecule is O=S(=O)(Cl)c1cc(Cl)ccc1OCCCN1CCCC1. The van der Waals surface area contributed by atoms with Gasteiger partial charge in [0.25, 0.3) is 9.05 Å². The molecule has 2 rings (SSSR count). The summed E-state index contributed by atoms with van der Waals surface area (Å²) in [6.45, 7) is 3.71. The van der Waals surface area contributed by atoms with Crippen molar-refractivity contribution in [3.8, 4) is 5.75 Å². The fraction of sp³-hybridized carbons (Fsp3) is 0.538. The maximum atomic E-state index is 11.5. The van der Waals surface area contributed by atoms with Crippen LogP contribution in [0.4, 0.5) is 0 Å². The van der Waals surface area contributed by atoms with E-state index in [1.165, 1.54) is 25.0 Å². The molecule has 1 fully saturated rings. The van der Waals surface area contributed by atoms with Crippen LogP contribution in [0.15, 0.2) is 23.1 Å². The molecule has 0 radical (unpaired) electrons. The highest BCUT2D eigenvalue weighted by atomic mass is 35.7. The van der Waals surface area contributed by atoms with Crippen molar-refractivity contribution in [1.29, 1.82) is 0 Å². The third-order valence-corrected chi connectivity index (χ3v) is 4.82. The van der Waals surface area contributed by atoms with Gasteiger partial charge in [0.1, 0.15) is 10.6 Å². The van der Waals surface area contributed by atoms with Crippen LogP contribution in [-0.4, -0.2) is 39.6 Å². The molecule has 1 aromatic rings. The van der Waals surface area contributed by atoms with E-state index in [9.17, 15) is 8.42 Å². The number of ether oxygens (including phenoxy) is 1. The molecule has 1 aliphatic rings. The Morgan fingerprint density at radius 1 is 1.25 bits per heavy atom. The summed E-state index contributed by atoms with van der Waals surface area (Å²) in [5.41, 5.74) is 0. The van der Waals surface area contributed by atoms with E-state index >= 15 is 0 Å². The standard InChI is InChI=1S/C13H17Cl2NO3S/c14-11-4-5-12(13(10-11)20(15,17)18)19-9-3-8-16-6-1-2-7-16/h4-5,10H,1-3,6-9H2. The van der Waals surface area contributed by atoms with Gasteiger partial charge in [-0.05, 0) is 50.6 Å². The maximum Gasteiger partial charge on any atom is 0.265 e. The Balaban J connectivity index is 1.92. The van der Waals surface area contributed by atoms with Gasteiger partial charge in [0.15, 0.2) is 0 Å². The molecule has 7 heteroatoms. The molecule has 0 unspecified atom stereocenters. The molecule has 0 amide bonds. The van der Waals surface area contributed by atoms with Crippen LogP contribution >= 0.6 is 22.3 Å². The fourth-order valence-electron chi connectivity index (χ4n) is 2.27. The third kappa shape index (κ3) is 4.52. The minimum absolute atomic E-state index is 0.0761. The zero-order valence-electron chi connectivity index (χ0n) is 11.0. The topological polar surface area (TPSA) is 46.6 Å². The summed E-state index contributed by atoms with van der Waals surface area (Å²) >= 11 is 5.78. The van der Waals surface area contributed by atoms with E-state index in [2.05, 4.69) is 4.90 Å². The molecule has 0 aliphatic carbocycles. The number of nitrogens with zero attached hydrogens (tertiary/aromatic N) is 1. The molecular formula is C13H17Cl2NO3S. The number of likely N-dealkylation sites (tertiary alicyclic amines) is 1. The fourth-order valence-corrected chi connectivity index (χ4v) is 3.50. The molecule has 1 aromatic carbocycles. The Morgan fingerprint density at radius 2 is 1.95 bits per heavy atom. The van der Waals surface area contributed by atoms with Crippen molar-refractivity contribution in [2.45, 2.75) is 24.2 Å². The summed E-state index contributed by atoms with van der Waals surface area (Å²) < 4.78 is 28.5. The first-order valence-electron chi connectivity index (χ1n) is 6.56. The Bertz CT molecular complexity index is 557. The molecule has 4 nitrogen and oxygen atoms in total. The second-order valence-electron chi connectivity index (χ2n) is 4.78. The van der Waals surface area contributed by atoms with Crippen molar-refractivity contribution in [1.82, 2.24) is 4.90 Å². The average Bonchev–Trinajstić information content (AvgIpc) is 2.88. The van der Waals surface area contributed by atoms with Crippen LogP contribution in [0.3, 0.4) is 0 Å². The van der Waals surface area contributed by atoms with Crippen molar-refractivity contribution in [3.63, 3.8) is 0 Å². The van der Waals surface area contributed by atoms with Gasteiger partial charge in [0.05, 0.1) is 6.61 Å². The summed E-state index contributed by atoms with van der Waals surface area (Å²) in [6, 6.07) is 4.43. The highest BCUT2D eigenvalue weighted by Gasteiger charge is 2.18. The summed E-state index contributed by atoms with van der Waals surface area (Å²) in [7, 11) is 1.52. The van der Waals surface area contributed by atoms with Crippen LogP contribution in [0.1, 0.15) is 19.3 Å². The lowest BCUT2D eigenvalue weighted by atomic mass is 10.3. The van der Waals surface area contributed by atoms with E-state index in [0.717, 1.165) is 26.1 Å². The first kappa shape index (κ1) is 15.9. The average molecular weight is 338 g/mol. The Morgan fingerprint density at radius 3 is 2.60 bits per heavy atom. The van der Waals surface area contributed by atoms with Crippen molar-refractivity contribution in [2.24, 2.45) is 0 Å². The highest BCUT2D eigenvalue weighted by Crippen LogP contribution is 2.29. The number of halogens is 2. The predicted molar refractivity (Wildman–Crippen MR) is 80.3 cm³/mol. The van der Waals surface area contributed by atoms with Crippen molar-refractivity contribution in [3.05, 3.63) is 23.2 Å². The zero-order chi connectivity index (χ0) is 14.6. The second kappa shape index (κ2) is 6.98. The van der Waals surface area contributed by atoms with Crippen LogP contribution in [-0.2, 0) is 9.05 Å². The van der Waals surface area contributed by atoms with Gasteiger partial charge in [-0.25, -0.2) is 8.42 Å². The van der Waals surface area contributed by atoms with Crippen molar-refractivity contribution >= 4 is 31.3 Å². The molecule has 112 valence electrons.